The molecule has 2 fully saturated rings. The second kappa shape index (κ2) is 10.5. The van der Waals surface area contributed by atoms with Crippen molar-refractivity contribution in [3.63, 3.8) is 0 Å². The van der Waals surface area contributed by atoms with Gasteiger partial charge < -0.3 is 19.7 Å². The number of aliphatic hydroxyl groups excluding tert-OH is 2. The van der Waals surface area contributed by atoms with Crippen LogP contribution in [-0.4, -0.2) is 45.7 Å². The molecule has 1 aliphatic carbocycles. The van der Waals surface area contributed by atoms with Gasteiger partial charge in [-0.05, 0) is 31.4 Å². The van der Waals surface area contributed by atoms with Crippen LogP contribution in [0, 0.1) is 0 Å². The van der Waals surface area contributed by atoms with Gasteiger partial charge in [0.2, 0.25) is 0 Å². The van der Waals surface area contributed by atoms with E-state index in [-0.39, 0.29) is 18.3 Å². The van der Waals surface area contributed by atoms with Crippen LogP contribution in [0.1, 0.15) is 103 Å². The van der Waals surface area contributed by atoms with Gasteiger partial charge in [0.05, 0.1) is 18.3 Å². The monoisotopic (exact) mass is 408 g/mol. The predicted octanol–water partition coefficient (Wildman–Crippen LogP) is 4.58. The molecule has 5 atom stereocenters. The number of aliphatic hydroxyl groups is 2. The highest BCUT2D eigenvalue weighted by Gasteiger charge is 2.56. The number of carbonyl (C=O) groups excluding carboxylic acids is 1. The van der Waals surface area contributed by atoms with E-state index in [1.54, 1.807) is 6.08 Å². The van der Waals surface area contributed by atoms with Crippen molar-refractivity contribution >= 4 is 5.78 Å². The Morgan fingerprint density at radius 2 is 1.72 bits per heavy atom. The molecule has 0 amide bonds. The summed E-state index contributed by atoms with van der Waals surface area (Å²) in [6.45, 7) is 2.25. The van der Waals surface area contributed by atoms with Gasteiger partial charge in [0.25, 0.3) is 0 Å². The van der Waals surface area contributed by atoms with E-state index in [4.69, 9.17) is 9.47 Å². The maximum atomic E-state index is 11.6. The van der Waals surface area contributed by atoms with Crippen molar-refractivity contribution < 1.29 is 24.5 Å². The third kappa shape index (κ3) is 6.13. The first-order valence-electron chi connectivity index (χ1n) is 11.9. The molecule has 2 aliphatic heterocycles. The first-order chi connectivity index (χ1) is 14.0. The minimum atomic E-state index is -0.840. The number of hydrogen-bond acceptors (Lipinski definition) is 5. The van der Waals surface area contributed by atoms with E-state index in [0.717, 1.165) is 12.8 Å². The van der Waals surface area contributed by atoms with Crippen molar-refractivity contribution in [2.24, 2.45) is 0 Å². The summed E-state index contributed by atoms with van der Waals surface area (Å²) in [5.41, 5.74) is -0.840. The standard InChI is InChI=1S/C24H40O5/c1-2-3-4-5-6-7-8-9-10-11-21-16-20(26)18-24(28-21)15-14-23(29-24)13-12-19(25)17-22(23)27/h12-13,20-22,26-27H,2-11,14-18H2,1H3/t20-,21+,22+,23+,24-/m1/s1. The molecule has 0 aromatic carbocycles. The molecule has 2 heterocycles. The quantitative estimate of drug-likeness (QED) is 0.517. The molecule has 0 saturated carbocycles. The van der Waals surface area contributed by atoms with Crippen LogP contribution in [0.5, 0.6) is 0 Å². The SMILES string of the molecule is CCCCCCCCCCC[C@H]1C[C@@H](O)C[C@]2(CC[C@]3(C=CC(=O)C[C@@H]3O)O2)O1. The Kier molecular flexibility index (Phi) is 8.32. The summed E-state index contributed by atoms with van der Waals surface area (Å²) in [4.78, 5) is 11.6. The normalized spacial score (nSPS) is 37.1. The molecule has 29 heavy (non-hydrogen) atoms. The summed E-state index contributed by atoms with van der Waals surface area (Å²) >= 11 is 0. The third-order valence-corrected chi connectivity index (χ3v) is 6.88. The summed E-state index contributed by atoms with van der Waals surface area (Å²) < 4.78 is 12.7. The maximum Gasteiger partial charge on any atom is 0.172 e. The number of hydrogen-bond donors (Lipinski definition) is 2. The van der Waals surface area contributed by atoms with Gasteiger partial charge in [-0.3, -0.25) is 4.79 Å². The van der Waals surface area contributed by atoms with E-state index < -0.39 is 23.6 Å². The lowest BCUT2D eigenvalue weighted by Crippen LogP contribution is -2.51. The molecule has 2 spiro atoms. The summed E-state index contributed by atoms with van der Waals surface area (Å²) in [5.74, 6) is -0.895. The van der Waals surface area contributed by atoms with Crippen molar-refractivity contribution in [3.05, 3.63) is 12.2 Å². The van der Waals surface area contributed by atoms with E-state index in [9.17, 15) is 15.0 Å². The summed E-state index contributed by atoms with van der Waals surface area (Å²) in [6, 6.07) is 0. The van der Waals surface area contributed by atoms with E-state index >= 15 is 0 Å². The first-order valence-corrected chi connectivity index (χ1v) is 11.9. The number of carbonyl (C=O) groups is 1. The summed E-state index contributed by atoms with van der Waals surface area (Å²) in [7, 11) is 0. The zero-order chi connectivity index (χ0) is 20.7. The molecular formula is C24H40O5. The van der Waals surface area contributed by atoms with Crippen LogP contribution in [0.3, 0.4) is 0 Å². The zero-order valence-corrected chi connectivity index (χ0v) is 18.1. The average Bonchev–Trinajstić information content (AvgIpc) is 3.02. The van der Waals surface area contributed by atoms with Gasteiger partial charge in [0.1, 0.15) is 5.60 Å². The molecule has 2 saturated heterocycles. The number of allylic oxidation sites excluding steroid dienone is 1. The second-order valence-electron chi connectivity index (χ2n) is 9.44. The molecule has 166 valence electrons. The Morgan fingerprint density at radius 3 is 2.41 bits per heavy atom. The van der Waals surface area contributed by atoms with Crippen molar-refractivity contribution in [1.29, 1.82) is 0 Å². The van der Waals surface area contributed by atoms with Crippen LogP contribution in [-0.2, 0) is 14.3 Å². The van der Waals surface area contributed by atoms with Gasteiger partial charge in [0.15, 0.2) is 11.6 Å². The van der Waals surface area contributed by atoms with Gasteiger partial charge in [-0.25, -0.2) is 0 Å². The van der Waals surface area contributed by atoms with Crippen LogP contribution < -0.4 is 0 Å². The predicted molar refractivity (Wildman–Crippen MR) is 113 cm³/mol. The minimum Gasteiger partial charge on any atom is -0.393 e. The van der Waals surface area contributed by atoms with Crippen LogP contribution in [0.25, 0.3) is 0 Å². The van der Waals surface area contributed by atoms with E-state index in [2.05, 4.69) is 6.92 Å². The molecule has 0 aromatic rings. The average molecular weight is 409 g/mol. The highest BCUT2D eigenvalue weighted by Crippen LogP contribution is 2.49. The Hall–Kier alpha value is -0.750. The molecule has 0 unspecified atom stereocenters. The molecule has 0 radical (unpaired) electrons. The second-order valence-corrected chi connectivity index (χ2v) is 9.44. The molecular weight excluding hydrogens is 368 g/mol. The summed E-state index contributed by atoms with van der Waals surface area (Å²) in [5, 5.41) is 20.9. The lowest BCUT2D eigenvalue weighted by Gasteiger charge is -2.43. The number of rotatable bonds is 10. The van der Waals surface area contributed by atoms with Gasteiger partial charge in [-0.15, -0.1) is 0 Å². The molecule has 2 N–H and O–H groups in total. The Balaban J connectivity index is 1.42. The Bertz CT molecular complexity index is 561. The van der Waals surface area contributed by atoms with Gasteiger partial charge in [-0.1, -0.05) is 64.7 Å². The van der Waals surface area contributed by atoms with Crippen molar-refractivity contribution in [2.45, 2.75) is 133 Å². The maximum absolute atomic E-state index is 11.6. The lowest BCUT2D eigenvalue weighted by atomic mass is 9.85. The molecule has 5 nitrogen and oxygen atoms in total. The number of unbranched alkanes of at least 4 members (excludes halogenated alkanes) is 8. The Morgan fingerprint density at radius 1 is 1.03 bits per heavy atom. The van der Waals surface area contributed by atoms with Gasteiger partial charge in [-0.2, -0.15) is 0 Å². The number of ether oxygens (including phenoxy) is 2. The fourth-order valence-corrected chi connectivity index (χ4v) is 5.19. The molecule has 0 bridgehead atoms. The molecule has 0 aromatic heterocycles. The molecule has 3 aliphatic rings. The highest BCUT2D eigenvalue weighted by atomic mass is 16.7. The van der Waals surface area contributed by atoms with E-state index in [1.165, 1.54) is 57.4 Å². The molecule has 3 rings (SSSR count). The largest absolute Gasteiger partial charge is 0.393 e. The Labute approximate surface area is 175 Å². The fourth-order valence-electron chi connectivity index (χ4n) is 5.19. The van der Waals surface area contributed by atoms with Crippen LogP contribution in [0.15, 0.2) is 12.2 Å². The summed E-state index contributed by atoms with van der Waals surface area (Å²) in [6.07, 6.45) is 17.0. The number of ketones is 1. The van der Waals surface area contributed by atoms with Crippen molar-refractivity contribution in [1.82, 2.24) is 0 Å². The minimum absolute atomic E-state index is 0.00444. The zero-order valence-electron chi connectivity index (χ0n) is 18.1. The highest BCUT2D eigenvalue weighted by molar-refractivity contribution is 5.91. The smallest absolute Gasteiger partial charge is 0.172 e. The van der Waals surface area contributed by atoms with Crippen LogP contribution in [0.4, 0.5) is 0 Å². The van der Waals surface area contributed by atoms with Crippen molar-refractivity contribution in [3.8, 4) is 0 Å². The van der Waals surface area contributed by atoms with E-state index in [0.29, 0.717) is 25.7 Å². The fraction of sp³-hybridized carbons (Fsp3) is 0.875. The van der Waals surface area contributed by atoms with Crippen molar-refractivity contribution in [2.75, 3.05) is 0 Å². The third-order valence-electron chi connectivity index (χ3n) is 6.88. The molecule has 5 heteroatoms. The van der Waals surface area contributed by atoms with E-state index in [1.807, 2.05) is 0 Å². The lowest BCUT2D eigenvalue weighted by molar-refractivity contribution is -0.306. The van der Waals surface area contributed by atoms with Crippen LogP contribution >= 0.6 is 0 Å². The van der Waals surface area contributed by atoms with Gasteiger partial charge in [0, 0.05) is 19.3 Å². The topological polar surface area (TPSA) is 76.0 Å². The first kappa shape index (κ1) is 22.9. The van der Waals surface area contributed by atoms with Gasteiger partial charge >= 0.3 is 0 Å². The van der Waals surface area contributed by atoms with Crippen LogP contribution in [0.2, 0.25) is 0 Å².